The van der Waals surface area contributed by atoms with E-state index in [4.69, 9.17) is 33.2 Å². The fourth-order valence-corrected chi connectivity index (χ4v) is 6.69. The van der Waals surface area contributed by atoms with Crippen molar-refractivity contribution in [2.24, 2.45) is 11.8 Å². The lowest BCUT2D eigenvalue weighted by molar-refractivity contribution is -0.148. The molecule has 3 aromatic carbocycles. The van der Waals surface area contributed by atoms with E-state index >= 15 is 0 Å². The lowest BCUT2D eigenvalue weighted by Gasteiger charge is -2.20. The molecule has 8 atom stereocenters. The molecule has 6 rings (SSSR count). The molecule has 3 aliphatic heterocycles. The summed E-state index contributed by atoms with van der Waals surface area (Å²) in [5.74, 6) is -2.66. The number of phenols is 3. The van der Waals surface area contributed by atoms with Gasteiger partial charge in [-0.2, -0.15) is 0 Å². The number of hydrogen-bond acceptors (Lipinski definition) is 14. The number of cyclic esters (lactones) is 1. The van der Waals surface area contributed by atoms with Crippen LogP contribution in [0.25, 0.3) is 17.2 Å². The third-order valence-corrected chi connectivity index (χ3v) is 9.35. The van der Waals surface area contributed by atoms with Crippen LogP contribution in [0.2, 0.25) is 0 Å². The van der Waals surface area contributed by atoms with Crippen molar-refractivity contribution >= 4 is 18.0 Å². The van der Waals surface area contributed by atoms with Gasteiger partial charge in [0.1, 0.15) is 31.0 Å². The van der Waals surface area contributed by atoms with Crippen LogP contribution in [0.3, 0.4) is 0 Å². The van der Waals surface area contributed by atoms with Crippen LogP contribution < -0.4 is 14.2 Å². The Hall–Kier alpha value is -5.02. The van der Waals surface area contributed by atoms with E-state index in [1.54, 1.807) is 31.2 Å². The topological polar surface area (TPSA) is 200 Å². The summed E-state index contributed by atoms with van der Waals surface area (Å²) in [6, 6.07) is 10.9. The molecule has 0 unspecified atom stereocenters. The summed E-state index contributed by atoms with van der Waals surface area (Å²) in [7, 11) is 4.13. The molecule has 266 valence electrons. The molecule has 3 saturated heterocycles. The summed E-state index contributed by atoms with van der Waals surface area (Å²) in [4.78, 5) is 25.8. The molecule has 50 heavy (non-hydrogen) atoms. The second-order valence-electron chi connectivity index (χ2n) is 12.3. The standard InChI is InChI=1S/C36H38O14/c1-16-30(39)33(42)27(49-16)15-47-28(38)8-5-17-9-20(31(40)25(10-17)45-3)21-11-19(13-26(46-4)32(21)41)35-29-22(14-48-35)34(50-36(29)43)18-6-7-23(37)24(12-18)44-2/h5-13,16,22,27,29-30,33-35,37,39-42H,14-15H2,1-4H3/b8-5+/t16-,22-,27-,29-,30-,33-,34+,35+/m0/s1. The number of hydrogen-bond donors (Lipinski definition) is 5. The number of fused-ring (bicyclic) bond motifs is 1. The second kappa shape index (κ2) is 14.1. The first kappa shape index (κ1) is 34.8. The average molecular weight is 695 g/mol. The summed E-state index contributed by atoms with van der Waals surface area (Å²) in [6.07, 6.45) is -2.68. The van der Waals surface area contributed by atoms with Gasteiger partial charge >= 0.3 is 11.9 Å². The monoisotopic (exact) mass is 694 g/mol. The Labute approximate surface area is 286 Å². The van der Waals surface area contributed by atoms with E-state index in [0.717, 1.165) is 6.08 Å². The molecule has 14 heteroatoms. The number of carbonyl (C=O) groups is 2. The Kier molecular flexibility index (Phi) is 9.80. The van der Waals surface area contributed by atoms with Gasteiger partial charge in [-0.25, -0.2) is 4.79 Å². The number of aliphatic hydroxyl groups is 2. The van der Waals surface area contributed by atoms with Gasteiger partial charge in [0.2, 0.25) is 0 Å². The molecule has 3 aromatic rings. The highest BCUT2D eigenvalue weighted by Crippen LogP contribution is 2.54. The van der Waals surface area contributed by atoms with Gasteiger partial charge in [-0.1, -0.05) is 6.07 Å². The number of aliphatic hydroxyl groups excluding tert-OH is 2. The van der Waals surface area contributed by atoms with Crippen LogP contribution in [-0.2, 0) is 28.5 Å². The number of benzene rings is 3. The molecule has 0 aromatic heterocycles. The van der Waals surface area contributed by atoms with E-state index in [1.807, 2.05) is 0 Å². The third kappa shape index (κ3) is 6.38. The Morgan fingerprint density at radius 2 is 1.52 bits per heavy atom. The van der Waals surface area contributed by atoms with Crippen LogP contribution in [0.15, 0.2) is 48.5 Å². The molecular formula is C36H38O14. The second-order valence-corrected chi connectivity index (χ2v) is 12.3. The van der Waals surface area contributed by atoms with Gasteiger partial charge in [-0.3, -0.25) is 4.79 Å². The minimum Gasteiger partial charge on any atom is -0.504 e. The van der Waals surface area contributed by atoms with Gasteiger partial charge in [0, 0.05) is 23.1 Å². The van der Waals surface area contributed by atoms with Gasteiger partial charge in [-0.15, -0.1) is 0 Å². The van der Waals surface area contributed by atoms with Crippen LogP contribution >= 0.6 is 0 Å². The summed E-state index contributed by atoms with van der Waals surface area (Å²) in [6.45, 7) is 1.49. The van der Waals surface area contributed by atoms with Crippen molar-refractivity contribution in [3.05, 3.63) is 65.2 Å². The Bertz CT molecular complexity index is 1800. The largest absolute Gasteiger partial charge is 0.504 e. The van der Waals surface area contributed by atoms with Crippen molar-refractivity contribution in [2.45, 2.75) is 43.5 Å². The summed E-state index contributed by atoms with van der Waals surface area (Å²) in [5, 5.41) is 52.4. The van der Waals surface area contributed by atoms with Crippen LogP contribution in [0.1, 0.15) is 35.8 Å². The van der Waals surface area contributed by atoms with Gasteiger partial charge in [0.15, 0.2) is 34.5 Å². The van der Waals surface area contributed by atoms with Crippen LogP contribution in [0, 0.1) is 11.8 Å². The maximum Gasteiger partial charge on any atom is 0.330 e. The number of carbonyl (C=O) groups excluding carboxylic acids is 2. The molecule has 5 N–H and O–H groups in total. The first-order chi connectivity index (χ1) is 23.9. The first-order valence-corrected chi connectivity index (χ1v) is 15.8. The zero-order chi connectivity index (χ0) is 35.9. The fourth-order valence-electron chi connectivity index (χ4n) is 6.69. The summed E-state index contributed by atoms with van der Waals surface area (Å²) >= 11 is 0. The Balaban J connectivity index is 1.28. The molecule has 0 saturated carbocycles. The highest BCUT2D eigenvalue weighted by Gasteiger charge is 2.54. The van der Waals surface area contributed by atoms with Crippen molar-refractivity contribution < 1.29 is 68.3 Å². The van der Waals surface area contributed by atoms with E-state index in [-0.39, 0.29) is 64.8 Å². The lowest BCUT2D eigenvalue weighted by Crippen LogP contribution is -2.34. The number of ether oxygens (including phenoxy) is 7. The molecule has 0 spiro atoms. The van der Waals surface area contributed by atoms with Gasteiger partial charge < -0.3 is 58.7 Å². The average Bonchev–Trinajstić information content (AvgIpc) is 3.77. The minimum absolute atomic E-state index is 0.0356. The SMILES string of the molecule is COc1cc([C@H]2OC(=O)[C@H]3[C@@H]2CO[C@@H]3c2cc(OC)c(O)c(-c3cc(/C=C/C(=O)OC[C@@H]4O[C@@H](C)[C@H](O)[C@H]4O)cc(OC)c3O)c2)ccc1O. The van der Waals surface area contributed by atoms with Crippen molar-refractivity contribution in [3.63, 3.8) is 0 Å². The van der Waals surface area contributed by atoms with Crippen molar-refractivity contribution in [3.8, 4) is 45.6 Å². The van der Waals surface area contributed by atoms with Crippen molar-refractivity contribution in [1.29, 1.82) is 0 Å². The Morgan fingerprint density at radius 1 is 0.860 bits per heavy atom. The predicted molar refractivity (Wildman–Crippen MR) is 174 cm³/mol. The van der Waals surface area contributed by atoms with E-state index in [0.29, 0.717) is 16.7 Å². The van der Waals surface area contributed by atoms with Gasteiger partial charge in [0.05, 0.1) is 46.1 Å². The van der Waals surface area contributed by atoms with E-state index in [1.165, 1.54) is 45.6 Å². The molecule has 3 heterocycles. The molecule has 0 bridgehead atoms. The normalized spacial score (nSPS) is 27.3. The van der Waals surface area contributed by atoms with Crippen molar-refractivity contribution in [1.82, 2.24) is 0 Å². The zero-order valence-electron chi connectivity index (χ0n) is 27.6. The van der Waals surface area contributed by atoms with Crippen molar-refractivity contribution in [2.75, 3.05) is 34.5 Å². The highest BCUT2D eigenvalue weighted by atomic mass is 16.6. The fraction of sp³-hybridized carbons (Fsp3) is 0.389. The smallest absolute Gasteiger partial charge is 0.330 e. The molecule has 0 aliphatic carbocycles. The zero-order valence-corrected chi connectivity index (χ0v) is 27.6. The predicted octanol–water partition coefficient (Wildman–Crippen LogP) is 3.16. The molecule has 3 fully saturated rings. The quantitative estimate of drug-likeness (QED) is 0.153. The van der Waals surface area contributed by atoms with Crippen LogP contribution in [0.5, 0.6) is 34.5 Å². The van der Waals surface area contributed by atoms with E-state index < -0.39 is 54.5 Å². The molecular weight excluding hydrogens is 656 g/mol. The highest BCUT2D eigenvalue weighted by molar-refractivity contribution is 5.89. The number of phenolic OH excluding ortho intramolecular Hbond substituents is 3. The maximum absolute atomic E-state index is 13.3. The minimum atomic E-state index is -1.20. The van der Waals surface area contributed by atoms with E-state index in [2.05, 4.69) is 0 Å². The first-order valence-electron chi connectivity index (χ1n) is 15.8. The van der Waals surface area contributed by atoms with E-state index in [9.17, 15) is 35.1 Å². The van der Waals surface area contributed by atoms with Crippen LogP contribution in [-0.4, -0.2) is 96.4 Å². The molecule has 14 nitrogen and oxygen atoms in total. The number of esters is 2. The van der Waals surface area contributed by atoms with Crippen LogP contribution in [0.4, 0.5) is 0 Å². The Morgan fingerprint density at radius 3 is 2.18 bits per heavy atom. The summed E-state index contributed by atoms with van der Waals surface area (Å²) in [5.41, 5.74) is 1.75. The molecule has 0 amide bonds. The summed E-state index contributed by atoms with van der Waals surface area (Å²) < 4.78 is 38.7. The molecule has 3 aliphatic rings. The number of methoxy groups -OCH3 is 3. The lowest BCUT2D eigenvalue weighted by atomic mass is 9.83. The maximum atomic E-state index is 13.3. The number of aromatic hydroxyl groups is 3. The number of rotatable bonds is 10. The third-order valence-electron chi connectivity index (χ3n) is 9.35. The van der Waals surface area contributed by atoms with Gasteiger partial charge in [-0.05, 0) is 66.1 Å². The van der Waals surface area contributed by atoms with Gasteiger partial charge in [0.25, 0.3) is 0 Å². The molecule has 0 radical (unpaired) electrons.